The lowest BCUT2D eigenvalue weighted by molar-refractivity contribution is 0.00749. The van der Waals surface area contributed by atoms with Gasteiger partial charge in [0.1, 0.15) is 5.82 Å². The molecule has 3 rings (SSSR count). The number of nitrogens with two attached hydrogens (primary N) is 1. The average molecular weight is 328 g/mol. The van der Waals surface area contributed by atoms with Crippen LogP contribution in [0.1, 0.15) is 19.8 Å². The Hall–Kier alpha value is -1.14. The number of imidazole rings is 1. The normalized spacial score (nSPS) is 23.3. The van der Waals surface area contributed by atoms with Gasteiger partial charge in [-0.2, -0.15) is 0 Å². The van der Waals surface area contributed by atoms with E-state index in [1.54, 1.807) is 6.07 Å². The lowest BCUT2D eigenvalue weighted by Crippen LogP contribution is -2.30. The Morgan fingerprint density at radius 3 is 3.05 bits per heavy atom. The van der Waals surface area contributed by atoms with Crippen LogP contribution >= 0.6 is 15.9 Å². The van der Waals surface area contributed by atoms with Crippen LogP contribution in [0.3, 0.4) is 0 Å². The van der Waals surface area contributed by atoms with Crippen molar-refractivity contribution in [3.8, 4) is 0 Å². The third kappa shape index (κ3) is 2.23. The molecule has 1 aromatic carbocycles. The Kier molecular flexibility index (Phi) is 3.02. The first-order valence-electron chi connectivity index (χ1n) is 6.23. The van der Waals surface area contributed by atoms with E-state index < -0.39 is 0 Å². The van der Waals surface area contributed by atoms with Crippen molar-refractivity contribution in [1.29, 1.82) is 0 Å². The first-order valence-corrected chi connectivity index (χ1v) is 7.02. The van der Waals surface area contributed by atoms with Crippen molar-refractivity contribution in [2.75, 3.05) is 12.3 Å². The summed E-state index contributed by atoms with van der Waals surface area (Å²) in [6.45, 7) is 3.42. The summed E-state index contributed by atoms with van der Waals surface area (Å²) in [6, 6.07) is 3.11. The quantitative estimate of drug-likeness (QED) is 0.922. The third-order valence-corrected chi connectivity index (χ3v) is 4.22. The van der Waals surface area contributed by atoms with Crippen LogP contribution in [0.15, 0.2) is 16.6 Å². The first kappa shape index (κ1) is 12.9. The molecular formula is C13H15BrFN3O. The standard InChI is InChI=1S/C13H15BrFN3O/c1-13(3-2-4-19-13)7-18-11-6-9(15)8(14)5-10(11)17-12(18)16/h5-6H,2-4,7H2,1H3,(H2,16,17). The number of nitrogens with zero attached hydrogens (tertiary/aromatic N) is 2. The summed E-state index contributed by atoms with van der Waals surface area (Å²) in [6.07, 6.45) is 2.02. The highest BCUT2D eigenvalue weighted by atomic mass is 79.9. The maximum absolute atomic E-state index is 13.7. The summed E-state index contributed by atoms with van der Waals surface area (Å²) < 4.78 is 21.7. The zero-order chi connectivity index (χ0) is 13.6. The topological polar surface area (TPSA) is 53.1 Å². The summed E-state index contributed by atoms with van der Waals surface area (Å²) in [5, 5.41) is 0. The number of rotatable bonds is 2. The Labute approximate surface area is 118 Å². The van der Waals surface area contributed by atoms with E-state index in [1.807, 2.05) is 4.57 Å². The van der Waals surface area contributed by atoms with Crippen molar-refractivity contribution < 1.29 is 9.13 Å². The molecule has 0 bridgehead atoms. The maximum Gasteiger partial charge on any atom is 0.201 e. The molecule has 2 N–H and O–H groups in total. The number of anilines is 1. The van der Waals surface area contributed by atoms with Crippen LogP contribution in [-0.4, -0.2) is 21.8 Å². The van der Waals surface area contributed by atoms with Gasteiger partial charge < -0.3 is 15.0 Å². The van der Waals surface area contributed by atoms with E-state index in [4.69, 9.17) is 10.5 Å². The molecule has 1 aliphatic heterocycles. The lowest BCUT2D eigenvalue weighted by Gasteiger charge is -2.24. The lowest BCUT2D eigenvalue weighted by atomic mass is 10.0. The van der Waals surface area contributed by atoms with E-state index in [2.05, 4.69) is 27.8 Å². The fourth-order valence-corrected chi connectivity index (χ4v) is 2.93. The van der Waals surface area contributed by atoms with Crippen molar-refractivity contribution in [1.82, 2.24) is 9.55 Å². The number of hydrogen-bond donors (Lipinski definition) is 1. The van der Waals surface area contributed by atoms with Crippen molar-refractivity contribution in [2.45, 2.75) is 31.9 Å². The summed E-state index contributed by atoms with van der Waals surface area (Å²) in [4.78, 5) is 4.28. The predicted octanol–water partition coefficient (Wildman–Crippen LogP) is 3.09. The van der Waals surface area contributed by atoms with Gasteiger partial charge in [-0.05, 0) is 41.8 Å². The number of nitrogen functional groups attached to an aromatic ring is 1. The molecule has 0 aliphatic carbocycles. The van der Waals surface area contributed by atoms with Crippen molar-refractivity contribution in [2.24, 2.45) is 0 Å². The van der Waals surface area contributed by atoms with Gasteiger partial charge in [0.05, 0.1) is 27.7 Å². The Bertz CT molecular complexity index is 634. The number of benzene rings is 1. The molecule has 0 amide bonds. The molecule has 19 heavy (non-hydrogen) atoms. The van der Waals surface area contributed by atoms with Crippen LogP contribution < -0.4 is 5.73 Å². The average Bonchev–Trinajstić information content (AvgIpc) is 2.88. The van der Waals surface area contributed by atoms with E-state index >= 15 is 0 Å². The molecule has 1 unspecified atom stereocenters. The van der Waals surface area contributed by atoms with Crippen LogP contribution in [0.5, 0.6) is 0 Å². The minimum absolute atomic E-state index is 0.245. The van der Waals surface area contributed by atoms with Gasteiger partial charge in [-0.1, -0.05) is 0 Å². The number of fused-ring (bicyclic) bond motifs is 1. The number of hydrogen-bond acceptors (Lipinski definition) is 3. The van der Waals surface area contributed by atoms with Crippen molar-refractivity contribution in [3.63, 3.8) is 0 Å². The molecule has 1 atom stereocenters. The summed E-state index contributed by atoms with van der Waals surface area (Å²) in [5.74, 6) is 0.0790. The highest BCUT2D eigenvalue weighted by Gasteiger charge is 2.31. The zero-order valence-corrected chi connectivity index (χ0v) is 12.2. The first-order chi connectivity index (χ1) is 8.98. The van der Waals surface area contributed by atoms with Gasteiger partial charge in [0.2, 0.25) is 5.95 Å². The summed E-state index contributed by atoms with van der Waals surface area (Å²) in [5.41, 5.74) is 7.10. The largest absolute Gasteiger partial charge is 0.373 e. The third-order valence-electron chi connectivity index (χ3n) is 3.61. The minimum atomic E-state index is -0.314. The molecule has 0 radical (unpaired) electrons. The molecule has 2 aromatic rings. The molecule has 0 saturated carbocycles. The Morgan fingerprint density at radius 2 is 2.37 bits per heavy atom. The Balaban J connectivity index is 2.07. The van der Waals surface area contributed by atoms with Crippen molar-refractivity contribution in [3.05, 3.63) is 22.4 Å². The summed E-state index contributed by atoms with van der Waals surface area (Å²) >= 11 is 3.16. The maximum atomic E-state index is 13.7. The van der Waals surface area contributed by atoms with Crippen LogP contribution in [0, 0.1) is 5.82 Å². The number of aromatic nitrogens is 2. The second-order valence-electron chi connectivity index (χ2n) is 5.21. The fraction of sp³-hybridized carbons (Fsp3) is 0.462. The van der Waals surface area contributed by atoms with Crippen molar-refractivity contribution >= 4 is 32.9 Å². The van der Waals surface area contributed by atoms with Crippen LogP contribution in [0.4, 0.5) is 10.3 Å². The minimum Gasteiger partial charge on any atom is -0.373 e. The monoisotopic (exact) mass is 327 g/mol. The molecule has 2 heterocycles. The highest BCUT2D eigenvalue weighted by Crippen LogP contribution is 2.31. The van der Waals surface area contributed by atoms with Gasteiger partial charge in [0.15, 0.2) is 0 Å². The zero-order valence-electron chi connectivity index (χ0n) is 10.6. The van der Waals surface area contributed by atoms with Crippen LogP contribution in [0.2, 0.25) is 0 Å². The second kappa shape index (κ2) is 4.45. The Morgan fingerprint density at radius 1 is 1.58 bits per heavy atom. The molecule has 1 aliphatic rings. The molecule has 6 heteroatoms. The molecule has 0 spiro atoms. The van der Waals surface area contributed by atoms with Gasteiger partial charge in [0.25, 0.3) is 0 Å². The highest BCUT2D eigenvalue weighted by molar-refractivity contribution is 9.10. The molecule has 1 saturated heterocycles. The van der Waals surface area contributed by atoms with Gasteiger partial charge in [-0.25, -0.2) is 9.37 Å². The van der Waals surface area contributed by atoms with Crippen LogP contribution in [-0.2, 0) is 11.3 Å². The molecule has 102 valence electrons. The van der Waals surface area contributed by atoms with Gasteiger partial charge in [-0.15, -0.1) is 0 Å². The van der Waals surface area contributed by atoms with E-state index in [-0.39, 0.29) is 11.4 Å². The van der Waals surface area contributed by atoms with E-state index in [9.17, 15) is 4.39 Å². The molecular weight excluding hydrogens is 313 g/mol. The predicted molar refractivity (Wildman–Crippen MR) is 75.4 cm³/mol. The van der Waals surface area contributed by atoms with E-state index in [0.29, 0.717) is 28.0 Å². The number of halogens is 2. The summed E-state index contributed by atoms with van der Waals surface area (Å²) in [7, 11) is 0. The van der Waals surface area contributed by atoms with Gasteiger partial charge in [0, 0.05) is 12.7 Å². The van der Waals surface area contributed by atoms with Gasteiger partial charge in [-0.3, -0.25) is 0 Å². The molecule has 1 fully saturated rings. The van der Waals surface area contributed by atoms with Gasteiger partial charge >= 0.3 is 0 Å². The number of ether oxygens (including phenoxy) is 1. The fourth-order valence-electron chi connectivity index (χ4n) is 2.60. The SMILES string of the molecule is CC1(Cn2c(N)nc3cc(Br)c(F)cc32)CCCO1. The molecule has 1 aromatic heterocycles. The van der Waals surface area contributed by atoms with E-state index in [1.165, 1.54) is 6.07 Å². The second-order valence-corrected chi connectivity index (χ2v) is 6.07. The van der Waals surface area contributed by atoms with Crippen LogP contribution in [0.25, 0.3) is 11.0 Å². The smallest absolute Gasteiger partial charge is 0.201 e. The van der Waals surface area contributed by atoms with E-state index in [0.717, 1.165) is 19.4 Å². The molecule has 4 nitrogen and oxygen atoms in total.